The average Bonchev–Trinajstić information content (AvgIpc) is 2.52. The number of nitriles is 1. The lowest BCUT2D eigenvalue weighted by Gasteiger charge is -2.13. The first-order chi connectivity index (χ1) is 10.6. The third-order valence-electron chi connectivity index (χ3n) is 3.37. The van der Waals surface area contributed by atoms with Gasteiger partial charge in [-0.2, -0.15) is 5.26 Å². The van der Waals surface area contributed by atoms with E-state index in [-0.39, 0.29) is 5.91 Å². The number of nitrogens with zero attached hydrogens (tertiary/aromatic N) is 1. The highest BCUT2D eigenvalue weighted by Crippen LogP contribution is 2.21. The second-order valence-electron chi connectivity index (χ2n) is 5.06. The first-order valence-electron chi connectivity index (χ1n) is 7.03. The lowest BCUT2D eigenvalue weighted by atomic mass is 9.99. The Bertz CT molecular complexity index is 704. The summed E-state index contributed by atoms with van der Waals surface area (Å²) in [5, 5.41) is 12.1. The highest BCUT2D eigenvalue weighted by molar-refractivity contribution is 5.94. The van der Waals surface area contributed by atoms with Crippen molar-refractivity contribution >= 4 is 11.6 Å². The molecule has 0 aromatic heterocycles. The van der Waals surface area contributed by atoms with Crippen LogP contribution in [0.5, 0.6) is 5.75 Å². The molecule has 22 heavy (non-hydrogen) atoms. The molecule has 2 aromatic carbocycles. The van der Waals surface area contributed by atoms with Crippen LogP contribution in [-0.4, -0.2) is 13.0 Å². The summed E-state index contributed by atoms with van der Waals surface area (Å²) in [4.78, 5) is 12.3. The summed E-state index contributed by atoms with van der Waals surface area (Å²) in [6.45, 7) is 1.95. The molecule has 2 rings (SSSR count). The van der Waals surface area contributed by atoms with Crippen molar-refractivity contribution in [3.63, 3.8) is 0 Å². The highest BCUT2D eigenvalue weighted by atomic mass is 16.5. The molecule has 0 aliphatic heterocycles. The smallest absolute Gasteiger partial charge is 0.242 e. The summed E-state index contributed by atoms with van der Waals surface area (Å²) in [7, 11) is 1.58. The Morgan fingerprint density at radius 1 is 1.27 bits per heavy atom. The van der Waals surface area contributed by atoms with E-state index in [1.807, 2.05) is 55.5 Å². The molecule has 1 N–H and O–H groups in total. The Kier molecular flexibility index (Phi) is 5.16. The highest BCUT2D eigenvalue weighted by Gasteiger charge is 2.20. The lowest BCUT2D eigenvalue weighted by Crippen LogP contribution is -2.23. The Morgan fingerprint density at radius 2 is 2.05 bits per heavy atom. The number of anilines is 1. The third kappa shape index (κ3) is 3.86. The van der Waals surface area contributed by atoms with Gasteiger partial charge >= 0.3 is 0 Å². The Morgan fingerprint density at radius 3 is 2.73 bits per heavy atom. The van der Waals surface area contributed by atoms with Crippen molar-refractivity contribution < 1.29 is 9.53 Å². The number of hydrogen-bond acceptors (Lipinski definition) is 3. The van der Waals surface area contributed by atoms with E-state index in [2.05, 4.69) is 11.4 Å². The number of hydrogen-bond donors (Lipinski definition) is 1. The molecule has 0 saturated carbocycles. The molecule has 4 nitrogen and oxygen atoms in total. The van der Waals surface area contributed by atoms with Gasteiger partial charge in [-0.05, 0) is 36.2 Å². The molecule has 0 radical (unpaired) electrons. The topological polar surface area (TPSA) is 62.1 Å². The van der Waals surface area contributed by atoms with Crippen molar-refractivity contribution in [2.75, 3.05) is 12.4 Å². The van der Waals surface area contributed by atoms with Gasteiger partial charge in [0.05, 0.1) is 13.2 Å². The van der Waals surface area contributed by atoms with Gasteiger partial charge < -0.3 is 10.1 Å². The van der Waals surface area contributed by atoms with E-state index in [0.29, 0.717) is 17.9 Å². The fourth-order valence-electron chi connectivity index (χ4n) is 2.24. The normalized spacial score (nSPS) is 11.3. The number of carbonyl (C=O) groups is 1. The molecule has 2 aromatic rings. The van der Waals surface area contributed by atoms with Crippen molar-refractivity contribution in [2.45, 2.75) is 13.3 Å². The number of amides is 1. The molecule has 0 unspecified atom stereocenters. The van der Waals surface area contributed by atoms with Gasteiger partial charge in [0.1, 0.15) is 11.7 Å². The molecular formula is C18H18N2O2. The molecule has 0 aliphatic rings. The van der Waals surface area contributed by atoms with Crippen LogP contribution in [0.3, 0.4) is 0 Å². The maximum absolute atomic E-state index is 12.3. The van der Waals surface area contributed by atoms with E-state index < -0.39 is 5.92 Å². The van der Waals surface area contributed by atoms with E-state index in [4.69, 9.17) is 4.74 Å². The number of ether oxygens (including phenoxy) is 1. The van der Waals surface area contributed by atoms with Gasteiger partial charge in [0.2, 0.25) is 5.91 Å². The minimum atomic E-state index is -0.767. The zero-order valence-electron chi connectivity index (χ0n) is 12.7. The van der Waals surface area contributed by atoms with E-state index >= 15 is 0 Å². The van der Waals surface area contributed by atoms with Crippen LogP contribution in [0.2, 0.25) is 0 Å². The van der Waals surface area contributed by atoms with Crippen LogP contribution < -0.4 is 10.1 Å². The van der Waals surface area contributed by atoms with Crippen LogP contribution in [0, 0.1) is 24.2 Å². The number of benzene rings is 2. The second kappa shape index (κ2) is 7.28. The fraction of sp³-hybridized carbons (Fsp3) is 0.222. The Labute approximate surface area is 130 Å². The van der Waals surface area contributed by atoms with Gasteiger partial charge in [-0.25, -0.2) is 0 Å². The number of aryl methyl sites for hydroxylation is 1. The fourth-order valence-corrected chi connectivity index (χ4v) is 2.24. The van der Waals surface area contributed by atoms with Crippen molar-refractivity contribution in [2.24, 2.45) is 5.92 Å². The van der Waals surface area contributed by atoms with Crippen LogP contribution in [0.4, 0.5) is 5.69 Å². The number of methoxy groups -OCH3 is 1. The Balaban J connectivity index is 2.11. The summed E-state index contributed by atoms with van der Waals surface area (Å²) in [5.74, 6) is -0.387. The van der Waals surface area contributed by atoms with E-state index in [9.17, 15) is 10.1 Å². The van der Waals surface area contributed by atoms with Gasteiger partial charge in [0, 0.05) is 12.1 Å². The molecule has 112 valence electrons. The van der Waals surface area contributed by atoms with Crippen LogP contribution in [-0.2, 0) is 11.2 Å². The SMILES string of the molecule is COc1ccccc1C[C@@H](C#N)C(=O)Nc1cccc(C)c1. The molecule has 0 spiro atoms. The van der Waals surface area contributed by atoms with Crippen molar-refractivity contribution in [3.05, 3.63) is 59.7 Å². The van der Waals surface area contributed by atoms with Crippen LogP contribution in [0.15, 0.2) is 48.5 Å². The summed E-state index contributed by atoms with van der Waals surface area (Å²) in [6, 6.07) is 17.0. The van der Waals surface area contributed by atoms with Gasteiger partial charge in [0.25, 0.3) is 0 Å². The van der Waals surface area contributed by atoms with E-state index in [0.717, 1.165) is 11.1 Å². The minimum Gasteiger partial charge on any atom is -0.496 e. The van der Waals surface area contributed by atoms with Gasteiger partial charge in [-0.15, -0.1) is 0 Å². The van der Waals surface area contributed by atoms with Crippen LogP contribution in [0.25, 0.3) is 0 Å². The van der Waals surface area contributed by atoms with Crippen LogP contribution in [0.1, 0.15) is 11.1 Å². The standard InChI is InChI=1S/C18H18N2O2/c1-13-6-5-8-16(10-13)20-18(21)15(12-19)11-14-7-3-4-9-17(14)22-2/h3-10,15H,11H2,1-2H3,(H,20,21)/t15-/m0/s1. The second-order valence-corrected chi connectivity index (χ2v) is 5.06. The molecule has 0 fully saturated rings. The van der Waals surface area contributed by atoms with E-state index in [1.54, 1.807) is 7.11 Å². The van der Waals surface area contributed by atoms with Crippen molar-refractivity contribution in [3.8, 4) is 11.8 Å². The predicted molar refractivity (Wildman–Crippen MR) is 85.6 cm³/mol. The van der Waals surface area contributed by atoms with Crippen LogP contribution >= 0.6 is 0 Å². The monoisotopic (exact) mass is 294 g/mol. The molecule has 0 bridgehead atoms. The molecule has 0 aliphatic carbocycles. The van der Waals surface area contributed by atoms with Crippen molar-refractivity contribution in [1.82, 2.24) is 0 Å². The number of rotatable bonds is 5. The number of nitrogens with one attached hydrogen (secondary N) is 1. The lowest BCUT2D eigenvalue weighted by molar-refractivity contribution is -0.118. The zero-order chi connectivity index (χ0) is 15.9. The minimum absolute atomic E-state index is 0.306. The van der Waals surface area contributed by atoms with Crippen molar-refractivity contribution in [1.29, 1.82) is 5.26 Å². The zero-order valence-corrected chi connectivity index (χ0v) is 12.7. The predicted octanol–water partition coefficient (Wildman–Crippen LogP) is 3.32. The summed E-state index contributed by atoms with van der Waals surface area (Å²) in [5.41, 5.74) is 2.59. The number of para-hydroxylation sites is 1. The maximum atomic E-state index is 12.3. The molecular weight excluding hydrogens is 276 g/mol. The van der Waals surface area contributed by atoms with Gasteiger partial charge in [-0.3, -0.25) is 4.79 Å². The van der Waals surface area contributed by atoms with Gasteiger partial charge in [-0.1, -0.05) is 30.3 Å². The third-order valence-corrected chi connectivity index (χ3v) is 3.37. The summed E-state index contributed by atoms with van der Waals surface area (Å²) >= 11 is 0. The largest absolute Gasteiger partial charge is 0.496 e. The quantitative estimate of drug-likeness (QED) is 0.920. The van der Waals surface area contributed by atoms with E-state index in [1.165, 1.54) is 0 Å². The average molecular weight is 294 g/mol. The first-order valence-corrected chi connectivity index (χ1v) is 7.03. The first kappa shape index (κ1) is 15.6. The molecule has 1 atom stereocenters. The van der Waals surface area contributed by atoms with Gasteiger partial charge in [0.15, 0.2) is 0 Å². The maximum Gasteiger partial charge on any atom is 0.242 e. The Hall–Kier alpha value is -2.80. The molecule has 4 heteroatoms. The number of carbonyl (C=O) groups excluding carboxylic acids is 1. The summed E-state index contributed by atoms with van der Waals surface area (Å²) in [6.07, 6.45) is 0.318. The molecule has 0 saturated heterocycles. The summed E-state index contributed by atoms with van der Waals surface area (Å²) < 4.78 is 5.26. The molecule has 1 amide bonds. The molecule has 0 heterocycles.